The quantitative estimate of drug-likeness (QED) is 0.187. The summed E-state index contributed by atoms with van der Waals surface area (Å²) in [5.74, 6) is -0.160. The molecule has 2 aromatic rings. The minimum atomic E-state index is -0.697. The molecule has 1 N–H and O–H groups in total. The predicted octanol–water partition coefficient (Wildman–Crippen LogP) is 4.80. The summed E-state index contributed by atoms with van der Waals surface area (Å²) in [5, 5.41) is 11.3. The van der Waals surface area contributed by atoms with Crippen molar-refractivity contribution in [3.8, 4) is 11.5 Å². The molecule has 7 heteroatoms. The average Bonchev–Trinajstić information content (AvgIpc) is 3.16. The second kappa shape index (κ2) is 12.9. The zero-order valence-corrected chi connectivity index (χ0v) is 21.4. The summed E-state index contributed by atoms with van der Waals surface area (Å²) < 4.78 is 11.2. The van der Waals surface area contributed by atoms with Crippen LogP contribution in [0.1, 0.15) is 44.4 Å². The first-order chi connectivity index (χ1) is 17.4. The third-order valence-electron chi connectivity index (χ3n) is 6.26. The van der Waals surface area contributed by atoms with Crippen LogP contribution in [0.4, 0.5) is 0 Å². The van der Waals surface area contributed by atoms with Crippen molar-refractivity contribution in [3.63, 3.8) is 0 Å². The predicted molar refractivity (Wildman–Crippen MR) is 141 cm³/mol. The zero-order chi connectivity index (χ0) is 26.1. The molecule has 1 atom stereocenters. The van der Waals surface area contributed by atoms with E-state index in [1.165, 1.54) is 0 Å². The Hall–Kier alpha value is -3.58. The Morgan fingerprint density at radius 2 is 1.61 bits per heavy atom. The van der Waals surface area contributed by atoms with Gasteiger partial charge in [-0.3, -0.25) is 9.59 Å². The Bertz CT molecular complexity index is 1070. The molecule has 1 amide bonds. The Balaban J connectivity index is 2.01. The van der Waals surface area contributed by atoms with Crippen LogP contribution in [-0.4, -0.2) is 66.0 Å². The number of benzene rings is 2. The zero-order valence-electron chi connectivity index (χ0n) is 21.4. The van der Waals surface area contributed by atoms with Crippen molar-refractivity contribution in [2.45, 2.75) is 33.2 Å². The van der Waals surface area contributed by atoms with E-state index in [1.807, 2.05) is 31.2 Å². The molecular formula is C29H36N2O5. The topological polar surface area (TPSA) is 79.3 Å². The van der Waals surface area contributed by atoms with Crippen molar-refractivity contribution in [2.75, 3.05) is 39.4 Å². The average molecular weight is 493 g/mol. The first-order valence-corrected chi connectivity index (χ1v) is 12.5. The lowest BCUT2D eigenvalue weighted by molar-refractivity contribution is -0.140. The highest BCUT2D eigenvalue weighted by Crippen LogP contribution is 2.40. The van der Waals surface area contributed by atoms with Crippen molar-refractivity contribution in [3.05, 3.63) is 77.9 Å². The van der Waals surface area contributed by atoms with Gasteiger partial charge in [-0.25, -0.2) is 0 Å². The number of hydrogen-bond donors (Lipinski definition) is 1. The molecule has 1 aliphatic heterocycles. The summed E-state index contributed by atoms with van der Waals surface area (Å²) in [7, 11) is 0. The van der Waals surface area contributed by atoms with E-state index in [1.54, 1.807) is 35.2 Å². The van der Waals surface area contributed by atoms with Gasteiger partial charge in [-0.05, 0) is 61.5 Å². The first kappa shape index (κ1) is 27.0. The number of hydrogen-bond acceptors (Lipinski definition) is 6. The van der Waals surface area contributed by atoms with Crippen molar-refractivity contribution in [1.82, 2.24) is 9.80 Å². The number of carbonyl (C=O) groups excluding carboxylic acids is 2. The van der Waals surface area contributed by atoms with Crippen LogP contribution >= 0.6 is 0 Å². The Morgan fingerprint density at radius 3 is 2.19 bits per heavy atom. The van der Waals surface area contributed by atoms with Crippen LogP contribution in [0, 0.1) is 0 Å². The van der Waals surface area contributed by atoms with Gasteiger partial charge in [0.1, 0.15) is 23.9 Å². The molecule has 0 radical (unpaired) electrons. The van der Waals surface area contributed by atoms with Gasteiger partial charge in [0, 0.05) is 18.7 Å². The van der Waals surface area contributed by atoms with E-state index in [9.17, 15) is 14.7 Å². The van der Waals surface area contributed by atoms with Crippen LogP contribution in [0.5, 0.6) is 11.5 Å². The molecule has 1 aliphatic rings. The van der Waals surface area contributed by atoms with Gasteiger partial charge >= 0.3 is 0 Å². The smallest absolute Gasteiger partial charge is 0.295 e. The summed E-state index contributed by atoms with van der Waals surface area (Å²) in [4.78, 5) is 30.2. The maximum absolute atomic E-state index is 13.2. The number of likely N-dealkylation sites (N-methyl/N-ethyl adjacent to an activating group) is 1. The number of ketones is 1. The highest BCUT2D eigenvalue weighted by atomic mass is 16.5. The third-order valence-corrected chi connectivity index (χ3v) is 6.26. The van der Waals surface area contributed by atoms with Gasteiger partial charge < -0.3 is 24.4 Å². The maximum Gasteiger partial charge on any atom is 0.295 e. The standard InChI is InChI=1S/C29H36N2O5/c1-5-19-35-23-13-9-21(10-14-23)26-25(27(32)22-11-15-24(16-12-22)36-20-6-2)28(33)29(34)31(26)18-17-30(7-3)8-4/h6,9-16,26,32H,2,5,7-8,17-20H2,1,3-4H3/t26-/m0/s1. The van der Waals surface area contributed by atoms with E-state index in [0.29, 0.717) is 37.6 Å². The minimum Gasteiger partial charge on any atom is -0.507 e. The van der Waals surface area contributed by atoms with E-state index >= 15 is 0 Å². The Kier molecular flexibility index (Phi) is 9.70. The van der Waals surface area contributed by atoms with Crippen LogP contribution in [0.2, 0.25) is 0 Å². The van der Waals surface area contributed by atoms with Crippen molar-refractivity contribution < 1.29 is 24.2 Å². The Morgan fingerprint density at radius 1 is 1.00 bits per heavy atom. The number of carbonyl (C=O) groups is 2. The number of ether oxygens (including phenoxy) is 2. The first-order valence-electron chi connectivity index (χ1n) is 12.5. The van der Waals surface area contributed by atoms with Crippen molar-refractivity contribution in [2.24, 2.45) is 0 Å². The fraction of sp³-hybridized carbons (Fsp3) is 0.379. The van der Waals surface area contributed by atoms with Gasteiger partial charge in [-0.15, -0.1) is 0 Å². The molecule has 36 heavy (non-hydrogen) atoms. The molecule has 7 nitrogen and oxygen atoms in total. The van der Waals surface area contributed by atoms with E-state index < -0.39 is 17.7 Å². The lowest BCUT2D eigenvalue weighted by atomic mass is 9.95. The number of aliphatic hydroxyl groups excluding tert-OH is 1. The molecule has 192 valence electrons. The van der Waals surface area contributed by atoms with E-state index in [2.05, 4.69) is 25.3 Å². The van der Waals surface area contributed by atoms with Gasteiger partial charge in [0.25, 0.3) is 11.7 Å². The molecule has 0 aromatic heterocycles. The lowest BCUT2D eigenvalue weighted by Crippen LogP contribution is -2.38. The van der Waals surface area contributed by atoms with Gasteiger partial charge in [0.2, 0.25) is 0 Å². The van der Waals surface area contributed by atoms with Gasteiger partial charge in [0.15, 0.2) is 0 Å². The van der Waals surface area contributed by atoms with Crippen LogP contribution in [-0.2, 0) is 9.59 Å². The lowest BCUT2D eigenvalue weighted by Gasteiger charge is -2.28. The molecule has 0 saturated carbocycles. The van der Waals surface area contributed by atoms with E-state index in [-0.39, 0.29) is 11.3 Å². The van der Waals surface area contributed by atoms with Gasteiger partial charge in [-0.2, -0.15) is 0 Å². The molecule has 0 spiro atoms. The monoisotopic (exact) mass is 492 g/mol. The number of amides is 1. The maximum atomic E-state index is 13.2. The van der Waals surface area contributed by atoms with E-state index in [0.717, 1.165) is 30.8 Å². The second-order valence-electron chi connectivity index (χ2n) is 8.56. The summed E-state index contributed by atoms with van der Waals surface area (Å²) in [6, 6.07) is 13.5. The largest absolute Gasteiger partial charge is 0.507 e. The van der Waals surface area contributed by atoms with Gasteiger partial charge in [0.05, 0.1) is 18.2 Å². The fourth-order valence-corrected chi connectivity index (χ4v) is 4.23. The summed E-state index contributed by atoms with van der Waals surface area (Å²) in [6.07, 6.45) is 2.54. The molecule has 1 fully saturated rings. The van der Waals surface area contributed by atoms with Crippen molar-refractivity contribution in [1.29, 1.82) is 0 Å². The van der Waals surface area contributed by atoms with Crippen molar-refractivity contribution >= 4 is 17.4 Å². The van der Waals surface area contributed by atoms with Crippen LogP contribution < -0.4 is 9.47 Å². The number of rotatable bonds is 13. The summed E-state index contributed by atoms with van der Waals surface area (Å²) in [5.41, 5.74) is 1.27. The van der Waals surface area contributed by atoms with E-state index in [4.69, 9.17) is 9.47 Å². The summed E-state index contributed by atoms with van der Waals surface area (Å²) in [6.45, 7) is 13.4. The van der Waals surface area contributed by atoms with Gasteiger partial charge in [-0.1, -0.05) is 45.6 Å². The number of aliphatic hydroxyl groups is 1. The van der Waals surface area contributed by atoms with Crippen LogP contribution in [0.25, 0.3) is 5.76 Å². The summed E-state index contributed by atoms with van der Waals surface area (Å²) >= 11 is 0. The van der Waals surface area contributed by atoms with Crippen LogP contribution in [0.15, 0.2) is 66.8 Å². The van der Waals surface area contributed by atoms with Crippen LogP contribution in [0.3, 0.4) is 0 Å². The Labute approximate surface area is 213 Å². The highest BCUT2D eigenvalue weighted by Gasteiger charge is 2.46. The molecule has 0 unspecified atom stereocenters. The fourth-order valence-electron chi connectivity index (χ4n) is 4.23. The highest BCUT2D eigenvalue weighted by molar-refractivity contribution is 6.46. The minimum absolute atomic E-state index is 0.0848. The SMILES string of the molecule is C=CCOc1ccc(C(O)=C2C(=O)C(=O)N(CCN(CC)CC)[C@H]2c2ccc(OCCC)cc2)cc1. The molecule has 0 bridgehead atoms. The number of nitrogens with zero attached hydrogens (tertiary/aromatic N) is 2. The molecule has 0 aliphatic carbocycles. The molecular weight excluding hydrogens is 456 g/mol. The third kappa shape index (κ3) is 6.15. The molecule has 1 heterocycles. The number of Topliss-reactive ketones (excluding diaryl/α,β-unsaturated/α-hetero) is 1. The molecule has 2 aromatic carbocycles. The molecule has 3 rings (SSSR count). The second-order valence-corrected chi connectivity index (χ2v) is 8.56. The number of likely N-dealkylation sites (tertiary alicyclic amines) is 1. The molecule has 1 saturated heterocycles. The normalized spacial score (nSPS) is 17.0.